The van der Waals surface area contributed by atoms with E-state index in [1.165, 1.54) is 27.2 Å². The van der Waals surface area contributed by atoms with E-state index in [9.17, 15) is 14.3 Å². The van der Waals surface area contributed by atoms with Gasteiger partial charge in [-0.05, 0) is 111 Å². The predicted molar refractivity (Wildman–Crippen MR) is 196 cm³/mol. The number of halogens is 5. The van der Waals surface area contributed by atoms with Gasteiger partial charge in [-0.1, -0.05) is 56.6 Å². The summed E-state index contributed by atoms with van der Waals surface area (Å²) in [6.07, 6.45) is 5.81. The summed E-state index contributed by atoms with van der Waals surface area (Å²) in [6.45, 7) is 9.19. The van der Waals surface area contributed by atoms with E-state index in [0.29, 0.717) is 11.8 Å². The zero-order valence-corrected chi connectivity index (χ0v) is 31.1. The SMILES string of the molecule is CCc1nc(Cc2ccc(Cl)cc2)sc1C1CCN(CC2CC(N(C)[C@@H](C(=O)O)C(C)C)CC2c2cccc(F)c2)CC1.Cl.Cl.Cl. The first-order valence-corrected chi connectivity index (χ1v) is 17.0. The number of carboxylic acid groups (broad SMARTS) is 1. The van der Waals surface area contributed by atoms with E-state index in [1.54, 1.807) is 12.1 Å². The molecule has 5 nitrogen and oxygen atoms in total. The molecule has 256 valence electrons. The zero-order chi connectivity index (χ0) is 30.7. The van der Waals surface area contributed by atoms with Crippen LogP contribution in [0.3, 0.4) is 0 Å². The normalized spacial score (nSPS) is 21.0. The molecule has 1 aromatic heterocycles. The molecule has 0 amide bonds. The molecule has 2 heterocycles. The van der Waals surface area contributed by atoms with Gasteiger partial charge in [0.1, 0.15) is 11.9 Å². The highest BCUT2D eigenvalue weighted by atomic mass is 35.5. The molecule has 3 aromatic rings. The molecule has 11 heteroatoms. The van der Waals surface area contributed by atoms with E-state index < -0.39 is 12.0 Å². The molecule has 3 unspecified atom stereocenters. The number of rotatable bonds is 11. The van der Waals surface area contributed by atoms with Gasteiger partial charge in [0, 0.05) is 28.9 Å². The van der Waals surface area contributed by atoms with Gasteiger partial charge in [0.2, 0.25) is 0 Å². The molecule has 1 N–H and O–H groups in total. The summed E-state index contributed by atoms with van der Waals surface area (Å²) in [5, 5.41) is 11.9. The molecule has 2 aliphatic rings. The van der Waals surface area contributed by atoms with Crippen molar-refractivity contribution in [1.82, 2.24) is 14.8 Å². The monoisotopic (exact) mass is 733 g/mol. The molecule has 1 saturated carbocycles. The van der Waals surface area contributed by atoms with Gasteiger partial charge in [-0.3, -0.25) is 9.69 Å². The number of hydrogen-bond acceptors (Lipinski definition) is 5. The molecule has 0 radical (unpaired) electrons. The molecular weight excluding hydrogens is 687 g/mol. The van der Waals surface area contributed by atoms with Gasteiger partial charge in [-0.25, -0.2) is 9.37 Å². The maximum atomic E-state index is 14.3. The average Bonchev–Trinajstić information content (AvgIpc) is 3.58. The first-order chi connectivity index (χ1) is 20.6. The van der Waals surface area contributed by atoms with Crippen LogP contribution in [0.4, 0.5) is 4.39 Å². The van der Waals surface area contributed by atoms with Crippen LogP contribution in [0.1, 0.15) is 85.0 Å². The molecule has 2 fully saturated rings. The molecule has 5 rings (SSSR count). The van der Waals surface area contributed by atoms with E-state index in [2.05, 4.69) is 28.9 Å². The Labute approximate surface area is 301 Å². The molecule has 4 atom stereocenters. The first-order valence-electron chi connectivity index (χ1n) is 15.8. The summed E-state index contributed by atoms with van der Waals surface area (Å²) in [5.41, 5.74) is 3.52. The lowest BCUT2D eigenvalue weighted by Gasteiger charge is -2.35. The summed E-state index contributed by atoms with van der Waals surface area (Å²) in [7, 11) is 1.96. The number of piperidine rings is 1. The van der Waals surface area contributed by atoms with Crippen molar-refractivity contribution in [2.75, 3.05) is 26.7 Å². The van der Waals surface area contributed by atoms with Gasteiger partial charge < -0.3 is 10.0 Å². The van der Waals surface area contributed by atoms with E-state index in [4.69, 9.17) is 16.6 Å². The predicted octanol–water partition coefficient (Wildman–Crippen LogP) is 9.14. The Morgan fingerprint density at radius 1 is 1.11 bits per heavy atom. The van der Waals surface area contributed by atoms with Crippen LogP contribution in [-0.2, 0) is 17.6 Å². The van der Waals surface area contributed by atoms with Crippen LogP contribution in [0.5, 0.6) is 0 Å². The Bertz CT molecular complexity index is 1380. The number of benzene rings is 2. The van der Waals surface area contributed by atoms with Crippen LogP contribution in [0.15, 0.2) is 48.5 Å². The topological polar surface area (TPSA) is 56.7 Å². The number of carboxylic acids is 1. The van der Waals surface area contributed by atoms with Crippen LogP contribution in [0.2, 0.25) is 5.02 Å². The van der Waals surface area contributed by atoms with Crippen LogP contribution >= 0.6 is 60.2 Å². The number of aryl methyl sites for hydroxylation is 1. The molecule has 46 heavy (non-hydrogen) atoms. The van der Waals surface area contributed by atoms with Gasteiger partial charge >= 0.3 is 5.97 Å². The maximum absolute atomic E-state index is 14.3. The fourth-order valence-corrected chi connectivity index (χ4v) is 8.97. The van der Waals surface area contributed by atoms with Crippen LogP contribution in [0.25, 0.3) is 0 Å². The molecule has 2 aromatic carbocycles. The molecule has 0 bridgehead atoms. The smallest absolute Gasteiger partial charge is 0.321 e. The second-order valence-electron chi connectivity index (χ2n) is 12.9. The number of likely N-dealkylation sites (tertiary alicyclic amines) is 1. The number of hydrogen-bond donors (Lipinski definition) is 1. The van der Waals surface area contributed by atoms with E-state index in [0.717, 1.165) is 68.7 Å². The molecule has 0 spiro atoms. The Balaban J connectivity index is 0.00000245. The summed E-state index contributed by atoms with van der Waals surface area (Å²) in [5.74, 6) is 0.146. The second kappa shape index (κ2) is 18.4. The molecular formula is C35H48Cl4FN3O2S. The lowest BCUT2D eigenvalue weighted by Crippen LogP contribution is -2.47. The van der Waals surface area contributed by atoms with Crippen molar-refractivity contribution in [3.8, 4) is 0 Å². The summed E-state index contributed by atoms with van der Waals surface area (Å²) >= 11 is 7.96. The molecule has 1 aliphatic carbocycles. The van der Waals surface area contributed by atoms with Crippen molar-refractivity contribution < 1.29 is 14.3 Å². The fourth-order valence-electron chi connectivity index (χ4n) is 7.48. The van der Waals surface area contributed by atoms with Crippen molar-refractivity contribution in [2.24, 2.45) is 11.8 Å². The Morgan fingerprint density at radius 2 is 1.78 bits per heavy atom. The summed E-state index contributed by atoms with van der Waals surface area (Å²) in [6, 6.07) is 14.7. The van der Waals surface area contributed by atoms with Crippen LogP contribution < -0.4 is 0 Å². The third-order valence-corrected chi connectivity index (χ3v) is 11.2. The summed E-state index contributed by atoms with van der Waals surface area (Å²) in [4.78, 5) is 23.3. The minimum absolute atomic E-state index is 0. The van der Waals surface area contributed by atoms with Gasteiger partial charge in [0.25, 0.3) is 0 Å². The third-order valence-electron chi connectivity index (χ3n) is 9.67. The zero-order valence-electron chi connectivity index (χ0n) is 27.0. The van der Waals surface area contributed by atoms with Gasteiger partial charge in [-0.2, -0.15) is 0 Å². The van der Waals surface area contributed by atoms with Crippen molar-refractivity contribution in [2.45, 2.75) is 83.2 Å². The van der Waals surface area contributed by atoms with Crippen molar-refractivity contribution in [3.05, 3.63) is 86.1 Å². The first kappa shape index (κ1) is 40.7. The lowest BCUT2D eigenvalue weighted by molar-refractivity contribution is -0.145. The molecule has 1 aliphatic heterocycles. The van der Waals surface area contributed by atoms with Crippen molar-refractivity contribution >= 4 is 66.1 Å². The number of carbonyl (C=O) groups is 1. The third kappa shape index (κ3) is 9.81. The lowest BCUT2D eigenvalue weighted by atomic mass is 9.87. The van der Waals surface area contributed by atoms with Crippen LogP contribution in [0, 0.1) is 17.7 Å². The second-order valence-corrected chi connectivity index (χ2v) is 14.4. The standard InChI is InChI=1S/C35H45ClFN3O2S.3ClH/c1-5-31-34(43-32(38-31)17-23-9-11-27(36)12-10-23)24-13-15-40(16-14-24)21-26-19-29(39(4)33(22(2)3)35(41)42)20-30(26)25-7-6-8-28(37)18-25;;;/h6-12,18,22,24,26,29-30,33H,5,13-17,19-21H2,1-4H3,(H,41,42);3*1H/t26?,29?,30?,33-;;;/m1.../s1. The van der Waals surface area contributed by atoms with Gasteiger partial charge in [0.05, 0.1) is 10.7 Å². The highest BCUT2D eigenvalue weighted by molar-refractivity contribution is 7.11. The highest BCUT2D eigenvalue weighted by Gasteiger charge is 2.42. The van der Waals surface area contributed by atoms with E-state index >= 15 is 0 Å². The van der Waals surface area contributed by atoms with Gasteiger partial charge in [-0.15, -0.1) is 48.6 Å². The van der Waals surface area contributed by atoms with E-state index in [-0.39, 0.29) is 60.9 Å². The Morgan fingerprint density at radius 3 is 2.37 bits per heavy atom. The van der Waals surface area contributed by atoms with Crippen LogP contribution in [-0.4, -0.2) is 64.6 Å². The summed E-state index contributed by atoms with van der Waals surface area (Å²) < 4.78 is 14.3. The number of aliphatic carboxylic acids is 1. The quantitative estimate of drug-likeness (QED) is 0.213. The van der Waals surface area contributed by atoms with Gasteiger partial charge in [0.15, 0.2) is 0 Å². The minimum atomic E-state index is -0.767. The fraction of sp³-hybridized carbons (Fsp3) is 0.543. The van der Waals surface area contributed by atoms with Crippen molar-refractivity contribution in [1.29, 1.82) is 0 Å². The number of likely N-dealkylation sites (N-methyl/N-ethyl adjacent to an activating group) is 1. The minimum Gasteiger partial charge on any atom is -0.480 e. The maximum Gasteiger partial charge on any atom is 0.321 e. The van der Waals surface area contributed by atoms with Crippen molar-refractivity contribution in [3.63, 3.8) is 0 Å². The largest absolute Gasteiger partial charge is 0.480 e. The Kier molecular flexibility index (Phi) is 16.2. The highest BCUT2D eigenvalue weighted by Crippen LogP contribution is 2.44. The molecule has 1 saturated heterocycles. The number of aromatic nitrogens is 1. The Hall–Kier alpha value is -1.45. The van der Waals surface area contributed by atoms with E-state index in [1.807, 2.05) is 50.4 Å². The average molecular weight is 736 g/mol. The number of nitrogens with zero attached hydrogens (tertiary/aromatic N) is 3. The number of thiazole rings is 1.